The van der Waals surface area contributed by atoms with E-state index in [0.717, 1.165) is 12.1 Å². The van der Waals surface area contributed by atoms with Crippen molar-refractivity contribution in [3.63, 3.8) is 0 Å². The SMILES string of the molecule is FC(F)(F)Oc1ccc(-c2nc(CCl)no2)cc1. The maximum absolute atomic E-state index is 11.9. The van der Waals surface area contributed by atoms with E-state index >= 15 is 0 Å². The molecule has 0 aliphatic rings. The fraction of sp³-hybridized carbons (Fsp3) is 0.200. The van der Waals surface area contributed by atoms with Crippen LogP contribution in [0.25, 0.3) is 11.5 Å². The van der Waals surface area contributed by atoms with Crippen molar-refractivity contribution in [3.05, 3.63) is 30.1 Å². The minimum absolute atomic E-state index is 0.0960. The van der Waals surface area contributed by atoms with Gasteiger partial charge in [0.15, 0.2) is 5.82 Å². The molecule has 0 saturated carbocycles. The molecular formula is C10H6ClF3N2O2. The van der Waals surface area contributed by atoms with E-state index in [2.05, 4.69) is 14.9 Å². The Morgan fingerprint density at radius 2 is 1.89 bits per heavy atom. The van der Waals surface area contributed by atoms with E-state index in [-0.39, 0.29) is 17.5 Å². The van der Waals surface area contributed by atoms with E-state index < -0.39 is 6.36 Å². The van der Waals surface area contributed by atoms with Gasteiger partial charge in [-0.15, -0.1) is 24.8 Å². The molecule has 0 spiro atoms. The lowest BCUT2D eigenvalue weighted by Crippen LogP contribution is -2.16. The Morgan fingerprint density at radius 1 is 1.22 bits per heavy atom. The van der Waals surface area contributed by atoms with Crippen LogP contribution in [0.3, 0.4) is 0 Å². The highest BCUT2D eigenvalue weighted by Crippen LogP contribution is 2.25. The molecule has 0 fully saturated rings. The molecule has 0 aliphatic carbocycles. The van der Waals surface area contributed by atoms with Crippen LogP contribution < -0.4 is 4.74 Å². The van der Waals surface area contributed by atoms with Gasteiger partial charge in [-0.05, 0) is 24.3 Å². The minimum atomic E-state index is -4.71. The second kappa shape index (κ2) is 4.85. The lowest BCUT2D eigenvalue weighted by atomic mass is 10.2. The number of hydrogen-bond acceptors (Lipinski definition) is 4. The van der Waals surface area contributed by atoms with Crippen LogP contribution in [0.4, 0.5) is 13.2 Å². The summed E-state index contributed by atoms with van der Waals surface area (Å²) in [6.07, 6.45) is -4.71. The molecule has 1 aromatic carbocycles. The van der Waals surface area contributed by atoms with Crippen molar-refractivity contribution in [1.82, 2.24) is 10.1 Å². The quantitative estimate of drug-likeness (QED) is 0.808. The highest BCUT2D eigenvalue weighted by atomic mass is 35.5. The lowest BCUT2D eigenvalue weighted by molar-refractivity contribution is -0.274. The summed E-state index contributed by atoms with van der Waals surface area (Å²) in [7, 11) is 0. The summed E-state index contributed by atoms with van der Waals surface area (Å²) in [4.78, 5) is 3.93. The average molecular weight is 279 g/mol. The van der Waals surface area contributed by atoms with Gasteiger partial charge in [-0.25, -0.2) is 0 Å². The zero-order valence-electron chi connectivity index (χ0n) is 8.74. The van der Waals surface area contributed by atoms with Crippen molar-refractivity contribution >= 4 is 11.6 Å². The Labute approximate surface area is 104 Å². The number of rotatable bonds is 3. The third-order valence-corrected chi connectivity index (χ3v) is 2.16. The molecule has 96 valence electrons. The van der Waals surface area contributed by atoms with Gasteiger partial charge in [0, 0.05) is 5.56 Å². The van der Waals surface area contributed by atoms with Crippen LogP contribution in [0, 0.1) is 0 Å². The molecule has 8 heteroatoms. The molecule has 0 N–H and O–H groups in total. The number of ether oxygens (including phenoxy) is 1. The second-order valence-electron chi connectivity index (χ2n) is 3.22. The molecule has 0 radical (unpaired) electrons. The van der Waals surface area contributed by atoms with Crippen LogP contribution >= 0.6 is 11.6 Å². The zero-order chi connectivity index (χ0) is 13.2. The lowest BCUT2D eigenvalue weighted by Gasteiger charge is -2.08. The Bertz CT molecular complexity index is 525. The number of halogens is 4. The monoisotopic (exact) mass is 278 g/mol. The molecular weight excluding hydrogens is 273 g/mol. The smallest absolute Gasteiger partial charge is 0.406 e. The molecule has 0 atom stereocenters. The van der Waals surface area contributed by atoms with Crippen molar-refractivity contribution in [1.29, 1.82) is 0 Å². The normalized spacial score (nSPS) is 11.6. The van der Waals surface area contributed by atoms with E-state index in [0.29, 0.717) is 11.4 Å². The van der Waals surface area contributed by atoms with Crippen molar-refractivity contribution in [2.75, 3.05) is 0 Å². The first-order chi connectivity index (χ1) is 8.48. The second-order valence-corrected chi connectivity index (χ2v) is 3.49. The fourth-order valence-electron chi connectivity index (χ4n) is 1.22. The summed E-state index contributed by atoms with van der Waals surface area (Å²) in [5.74, 6) is 0.272. The van der Waals surface area contributed by atoms with Gasteiger partial charge in [-0.1, -0.05) is 5.16 Å². The Balaban J connectivity index is 2.17. The topological polar surface area (TPSA) is 48.2 Å². The van der Waals surface area contributed by atoms with Gasteiger partial charge in [0.1, 0.15) is 5.75 Å². The molecule has 0 aliphatic heterocycles. The predicted molar refractivity (Wildman–Crippen MR) is 56.0 cm³/mol. The number of hydrogen-bond donors (Lipinski definition) is 0. The van der Waals surface area contributed by atoms with E-state index in [1.807, 2.05) is 0 Å². The zero-order valence-corrected chi connectivity index (χ0v) is 9.50. The number of alkyl halides is 4. The fourth-order valence-corrected chi connectivity index (χ4v) is 1.33. The van der Waals surface area contributed by atoms with Gasteiger partial charge in [0.25, 0.3) is 5.89 Å². The van der Waals surface area contributed by atoms with Crippen molar-refractivity contribution < 1.29 is 22.4 Å². The first-order valence-electron chi connectivity index (χ1n) is 4.72. The van der Waals surface area contributed by atoms with Gasteiger partial charge in [-0.3, -0.25) is 0 Å². The first-order valence-corrected chi connectivity index (χ1v) is 5.26. The van der Waals surface area contributed by atoms with E-state index in [4.69, 9.17) is 16.1 Å². The summed E-state index contributed by atoms with van der Waals surface area (Å²) in [5, 5.41) is 3.56. The molecule has 2 aromatic rings. The maximum atomic E-state index is 11.9. The van der Waals surface area contributed by atoms with Crippen LogP contribution in [0.15, 0.2) is 28.8 Å². The van der Waals surface area contributed by atoms with Gasteiger partial charge in [0.05, 0.1) is 5.88 Å². The number of aromatic nitrogens is 2. The van der Waals surface area contributed by atoms with Crippen LogP contribution in [-0.2, 0) is 5.88 Å². The molecule has 1 heterocycles. The first kappa shape index (κ1) is 12.7. The summed E-state index contributed by atoms with van der Waals surface area (Å²) in [5.41, 5.74) is 0.480. The molecule has 18 heavy (non-hydrogen) atoms. The van der Waals surface area contributed by atoms with Crippen LogP contribution in [-0.4, -0.2) is 16.5 Å². The molecule has 0 bridgehead atoms. The maximum Gasteiger partial charge on any atom is 0.573 e. The Morgan fingerprint density at radius 3 is 2.39 bits per heavy atom. The number of nitrogens with zero attached hydrogens (tertiary/aromatic N) is 2. The van der Waals surface area contributed by atoms with Crippen molar-refractivity contribution in [2.45, 2.75) is 12.2 Å². The summed E-state index contributed by atoms with van der Waals surface area (Å²) < 4.78 is 44.4. The minimum Gasteiger partial charge on any atom is -0.406 e. The van der Waals surface area contributed by atoms with Crippen LogP contribution in [0.5, 0.6) is 5.75 Å². The van der Waals surface area contributed by atoms with E-state index in [9.17, 15) is 13.2 Å². The number of benzene rings is 1. The van der Waals surface area contributed by atoms with Crippen molar-refractivity contribution in [2.24, 2.45) is 0 Å². The molecule has 1 aromatic heterocycles. The Hall–Kier alpha value is -1.76. The summed E-state index contributed by atoms with van der Waals surface area (Å²) in [6, 6.07) is 5.08. The van der Waals surface area contributed by atoms with Gasteiger partial charge in [-0.2, -0.15) is 4.98 Å². The molecule has 0 unspecified atom stereocenters. The van der Waals surface area contributed by atoms with Gasteiger partial charge >= 0.3 is 6.36 Å². The van der Waals surface area contributed by atoms with Crippen molar-refractivity contribution in [3.8, 4) is 17.2 Å². The standard InChI is InChI=1S/C10H6ClF3N2O2/c11-5-8-15-9(18-16-8)6-1-3-7(4-2-6)17-10(12,13)14/h1-4H,5H2. The van der Waals surface area contributed by atoms with Crippen LogP contribution in [0.1, 0.15) is 5.82 Å². The molecule has 0 amide bonds. The average Bonchev–Trinajstić information content (AvgIpc) is 2.76. The summed E-state index contributed by atoms with van der Waals surface area (Å²) >= 11 is 5.50. The summed E-state index contributed by atoms with van der Waals surface area (Å²) in [6.45, 7) is 0. The predicted octanol–water partition coefficient (Wildman–Crippen LogP) is 3.37. The molecule has 0 saturated heterocycles. The third kappa shape index (κ3) is 3.13. The highest BCUT2D eigenvalue weighted by molar-refractivity contribution is 6.16. The van der Waals surface area contributed by atoms with Crippen LogP contribution in [0.2, 0.25) is 0 Å². The van der Waals surface area contributed by atoms with E-state index in [1.54, 1.807) is 0 Å². The van der Waals surface area contributed by atoms with Gasteiger partial charge < -0.3 is 9.26 Å². The highest BCUT2D eigenvalue weighted by Gasteiger charge is 2.31. The Kier molecular flexibility index (Phi) is 3.42. The molecule has 4 nitrogen and oxygen atoms in total. The van der Waals surface area contributed by atoms with Gasteiger partial charge in [0.2, 0.25) is 0 Å². The largest absolute Gasteiger partial charge is 0.573 e. The molecule has 2 rings (SSSR count). The third-order valence-electron chi connectivity index (χ3n) is 1.92. The van der Waals surface area contributed by atoms with E-state index in [1.165, 1.54) is 12.1 Å².